The molecule has 0 radical (unpaired) electrons. The molecule has 0 aliphatic carbocycles. The Hall–Kier alpha value is -2.03. The van der Waals surface area contributed by atoms with Crippen LogP contribution in [0.1, 0.15) is 5.56 Å². The summed E-state index contributed by atoms with van der Waals surface area (Å²) in [5.41, 5.74) is 6.69. The molecule has 2 N–H and O–H groups in total. The molecule has 0 unspecified atom stereocenters. The minimum Gasteiger partial charge on any atom is -0.455 e. The zero-order valence-corrected chi connectivity index (χ0v) is 12.3. The van der Waals surface area contributed by atoms with Crippen molar-refractivity contribution in [3.8, 4) is 11.5 Å². The first-order valence-corrected chi connectivity index (χ1v) is 7.30. The number of halogens is 1. The van der Waals surface area contributed by atoms with Crippen molar-refractivity contribution >= 4 is 22.4 Å². The summed E-state index contributed by atoms with van der Waals surface area (Å²) in [6.07, 6.45) is 0.737. The van der Waals surface area contributed by atoms with Gasteiger partial charge >= 0.3 is 0 Å². The molecule has 3 aromatic rings. The van der Waals surface area contributed by atoms with Crippen molar-refractivity contribution in [2.75, 3.05) is 6.54 Å². The van der Waals surface area contributed by atoms with E-state index >= 15 is 0 Å². The molecule has 0 heterocycles. The third-order valence-corrected chi connectivity index (χ3v) is 3.72. The van der Waals surface area contributed by atoms with Crippen molar-refractivity contribution in [1.82, 2.24) is 0 Å². The van der Waals surface area contributed by atoms with Gasteiger partial charge in [-0.15, -0.1) is 0 Å². The largest absolute Gasteiger partial charge is 0.455 e. The van der Waals surface area contributed by atoms with Crippen molar-refractivity contribution < 1.29 is 4.74 Å². The monoisotopic (exact) mass is 297 g/mol. The third kappa shape index (κ3) is 2.87. The van der Waals surface area contributed by atoms with Crippen LogP contribution in [-0.4, -0.2) is 6.54 Å². The number of ether oxygens (including phenoxy) is 1. The smallest absolute Gasteiger partial charge is 0.149 e. The second kappa shape index (κ2) is 6.17. The fourth-order valence-electron chi connectivity index (χ4n) is 2.41. The minimum absolute atomic E-state index is 0.562. The van der Waals surface area contributed by atoms with E-state index in [9.17, 15) is 0 Å². The molecule has 0 aliphatic heterocycles. The summed E-state index contributed by atoms with van der Waals surface area (Å²) >= 11 is 6.30. The van der Waals surface area contributed by atoms with E-state index < -0.39 is 0 Å². The molecular formula is C18H16ClNO. The Kier molecular flexibility index (Phi) is 4.09. The first kappa shape index (κ1) is 13.9. The van der Waals surface area contributed by atoms with Crippen LogP contribution in [0.2, 0.25) is 5.02 Å². The summed E-state index contributed by atoms with van der Waals surface area (Å²) in [5, 5.41) is 2.81. The van der Waals surface area contributed by atoms with Crippen LogP contribution >= 0.6 is 11.6 Å². The Morgan fingerprint density at radius 2 is 1.67 bits per heavy atom. The molecule has 0 bridgehead atoms. The summed E-state index contributed by atoms with van der Waals surface area (Å²) in [5.74, 6) is 1.50. The van der Waals surface area contributed by atoms with E-state index in [-0.39, 0.29) is 0 Å². The predicted octanol–water partition coefficient (Wildman–Crippen LogP) is 4.79. The quantitative estimate of drug-likeness (QED) is 0.751. The fraction of sp³-hybridized carbons (Fsp3) is 0.111. The van der Waals surface area contributed by atoms with Crippen LogP contribution in [0.4, 0.5) is 0 Å². The highest BCUT2D eigenvalue weighted by atomic mass is 35.5. The molecule has 0 saturated heterocycles. The normalized spacial score (nSPS) is 10.8. The van der Waals surface area contributed by atoms with Crippen LogP contribution in [0.15, 0.2) is 60.7 Å². The lowest BCUT2D eigenvalue weighted by Gasteiger charge is -2.14. The number of hydrogen-bond acceptors (Lipinski definition) is 2. The van der Waals surface area contributed by atoms with Gasteiger partial charge in [0.15, 0.2) is 0 Å². The lowest BCUT2D eigenvalue weighted by Crippen LogP contribution is -2.04. The summed E-state index contributed by atoms with van der Waals surface area (Å²) < 4.78 is 6.12. The molecule has 2 nitrogen and oxygen atoms in total. The maximum absolute atomic E-state index is 6.30. The number of nitrogens with two attached hydrogens (primary N) is 1. The lowest BCUT2D eigenvalue weighted by atomic mass is 10.1. The molecule has 21 heavy (non-hydrogen) atoms. The molecule has 3 heteroatoms. The second-order valence-corrected chi connectivity index (χ2v) is 5.25. The maximum atomic E-state index is 6.30. The van der Waals surface area contributed by atoms with Crippen LogP contribution in [-0.2, 0) is 6.42 Å². The summed E-state index contributed by atoms with van der Waals surface area (Å²) in [4.78, 5) is 0. The van der Waals surface area contributed by atoms with Crippen molar-refractivity contribution in [3.05, 3.63) is 71.2 Å². The van der Waals surface area contributed by atoms with E-state index in [1.807, 2.05) is 48.5 Å². The van der Waals surface area contributed by atoms with E-state index in [0.29, 0.717) is 17.3 Å². The number of rotatable bonds is 4. The van der Waals surface area contributed by atoms with Gasteiger partial charge in [0.05, 0.1) is 5.02 Å². The average Bonchev–Trinajstić information content (AvgIpc) is 2.51. The zero-order valence-electron chi connectivity index (χ0n) is 11.6. The summed E-state index contributed by atoms with van der Waals surface area (Å²) in [6.45, 7) is 0.562. The molecule has 0 aliphatic rings. The molecule has 0 aromatic heterocycles. The van der Waals surface area contributed by atoms with Crippen LogP contribution in [0.5, 0.6) is 11.5 Å². The van der Waals surface area contributed by atoms with E-state index in [2.05, 4.69) is 12.1 Å². The van der Waals surface area contributed by atoms with Crippen LogP contribution in [0.25, 0.3) is 10.8 Å². The van der Waals surface area contributed by atoms with Crippen molar-refractivity contribution in [3.63, 3.8) is 0 Å². The van der Waals surface area contributed by atoms with Crippen molar-refractivity contribution in [1.29, 1.82) is 0 Å². The van der Waals surface area contributed by atoms with Gasteiger partial charge in [0.2, 0.25) is 0 Å². The van der Waals surface area contributed by atoms with Crippen molar-refractivity contribution in [2.24, 2.45) is 5.73 Å². The van der Waals surface area contributed by atoms with E-state index in [4.69, 9.17) is 22.1 Å². The van der Waals surface area contributed by atoms with Gasteiger partial charge in [-0.25, -0.2) is 0 Å². The molecule has 3 aromatic carbocycles. The standard InChI is InChI=1S/C18H16ClNO/c19-16-9-3-7-14(11-12-20)18(16)21-17-10-4-6-13-5-1-2-8-15(13)17/h1-10H,11-12,20H2. The topological polar surface area (TPSA) is 35.2 Å². The molecule has 0 fully saturated rings. The highest BCUT2D eigenvalue weighted by Gasteiger charge is 2.10. The maximum Gasteiger partial charge on any atom is 0.149 e. The minimum atomic E-state index is 0.562. The molecule has 0 amide bonds. The number of para-hydroxylation sites is 1. The Morgan fingerprint density at radius 3 is 2.52 bits per heavy atom. The molecule has 106 valence electrons. The Balaban J connectivity index is 2.07. The molecule has 3 rings (SSSR count). The van der Waals surface area contributed by atoms with E-state index in [0.717, 1.165) is 28.5 Å². The van der Waals surface area contributed by atoms with Gasteiger partial charge < -0.3 is 10.5 Å². The molecule has 0 saturated carbocycles. The van der Waals surface area contributed by atoms with Crippen LogP contribution in [0.3, 0.4) is 0 Å². The average molecular weight is 298 g/mol. The zero-order chi connectivity index (χ0) is 14.7. The second-order valence-electron chi connectivity index (χ2n) is 4.85. The highest BCUT2D eigenvalue weighted by Crippen LogP contribution is 2.36. The fourth-order valence-corrected chi connectivity index (χ4v) is 2.65. The predicted molar refractivity (Wildman–Crippen MR) is 88.2 cm³/mol. The Labute approximate surface area is 129 Å². The molecule has 0 atom stereocenters. The first-order valence-electron chi connectivity index (χ1n) is 6.92. The van der Waals surface area contributed by atoms with Crippen molar-refractivity contribution in [2.45, 2.75) is 6.42 Å². The van der Waals surface area contributed by atoms with Gasteiger partial charge in [0.25, 0.3) is 0 Å². The molecular weight excluding hydrogens is 282 g/mol. The summed E-state index contributed by atoms with van der Waals surface area (Å²) in [6, 6.07) is 19.9. The first-order chi connectivity index (χ1) is 10.3. The number of hydrogen-bond donors (Lipinski definition) is 1. The van der Waals surface area contributed by atoms with Crippen LogP contribution in [0, 0.1) is 0 Å². The van der Waals surface area contributed by atoms with Gasteiger partial charge in [0, 0.05) is 5.39 Å². The van der Waals surface area contributed by atoms with Gasteiger partial charge in [-0.3, -0.25) is 0 Å². The van der Waals surface area contributed by atoms with Gasteiger partial charge in [0.1, 0.15) is 11.5 Å². The SMILES string of the molecule is NCCc1cccc(Cl)c1Oc1cccc2ccccc12. The highest BCUT2D eigenvalue weighted by molar-refractivity contribution is 6.32. The summed E-state index contributed by atoms with van der Waals surface area (Å²) in [7, 11) is 0. The number of benzene rings is 3. The Bertz CT molecular complexity index is 765. The van der Waals surface area contributed by atoms with E-state index in [1.165, 1.54) is 0 Å². The van der Waals surface area contributed by atoms with Gasteiger partial charge in [-0.2, -0.15) is 0 Å². The Morgan fingerprint density at radius 1 is 0.905 bits per heavy atom. The van der Waals surface area contributed by atoms with Gasteiger partial charge in [-0.05, 0) is 36.0 Å². The van der Waals surface area contributed by atoms with Crippen LogP contribution < -0.4 is 10.5 Å². The lowest BCUT2D eigenvalue weighted by molar-refractivity contribution is 0.482. The number of fused-ring (bicyclic) bond motifs is 1. The third-order valence-electron chi connectivity index (χ3n) is 3.42. The molecule has 0 spiro atoms. The van der Waals surface area contributed by atoms with Gasteiger partial charge in [-0.1, -0.05) is 60.1 Å². The van der Waals surface area contributed by atoms with E-state index in [1.54, 1.807) is 0 Å².